The minimum absolute atomic E-state index is 0.0184. The van der Waals surface area contributed by atoms with Crippen LogP contribution in [0.3, 0.4) is 0 Å². The van der Waals surface area contributed by atoms with Gasteiger partial charge in [-0.1, -0.05) is 6.07 Å². The van der Waals surface area contributed by atoms with E-state index in [9.17, 15) is 15.0 Å². The van der Waals surface area contributed by atoms with E-state index < -0.39 is 11.7 Å². The Hall–Kier alpha value is -3.09. The molecule has 1 aliphatic rings. The van der Waals surface area contributed by atoms with E-state index in [4.69, 9.17) is 14.2 Å². The molecule has 7 nitrogen and oxygen atoms in total. The summed E-state index contributed by atoms with van der Waals surface area (Å²) >= 11 is 0. The highest BCUT2D eigenvalue weighted by atomic mass is 16.6. The van der Waals surface area contributed by atoms with Gasteiger partial charge in [-0.05, 0) is 74.6 Å². The summed E-state index contributed by atoms with van der Waals surface area (Å²) in [5.74, 6) is 0.840. The van der Waals surface area contributed by atoms with Crippen molar-refractivity contribution in [3.63, 3.8) is 0 Å². The van der Waals surface area contributed by atoms with Crippen LogP contribution in [0.25, 0.3) is 0 Å². The van der Waals surface area contributed by atoms with Crippen molar-refractivity contribution in [1.82, 2.24) is 4.90 Å². The maximum atomic E-state index is 12.9. The number of phenols is 2. The lowest BCUT2D eigenvalue weighted by Crippen LogP contribution is -2.43. The van der Waals surface area contributed by atoms with Crippen LogP contribution >= 0.6 is 0 Å². The normalized spacial score (nSPS) is 16.0. The Balaban J connectivity index is 2.01. The van der Waals surface area contributed by atoms with Crippen molar-refractivity contribution in [2.24, 2.45) is 0 Å². The fraction of sp³-hybridized carbons (Fsp3) is 0.435. The highest BCUT2D eigenvalue weighted by molar-refractivity contribution is 5.70. The number of carbonyl (C=O) groups is 1. The van der Waals surface area contributed by atoms with Gasteiger partial charge in [0.1, 0.15) is 5.60 Å². The second-order valence-corrected chi connectivity index (χ2v) is 8.37. The summed E-state index contributed by atoms with van der Waals surface area (Å²) < 4.78 is 16.0. The molecule has 2 N–H and O–H groups in total. The number of aromatic hydroxyl groups is 2. The minimum atomic E-state index is -0.623. The first-order valence-electron chi connectivity index (χ1n) is 9.88. The standard InChI is InChI=1S/C23H29NO6/c1-23(2,3)30-22(27)24-9-8-15-12-21(29-5)19(26)13-16(15)17(24)10-14-6-7-20(28-4)18(25)11-14/h6-7,11-13,17,25-26H,8-10H2,1-5H3. The van der Waals surface area contributed by atoms with E-state index >= 15 is 0 Å². The van der Waals surface area contributed by atoms with Gasteiger partial charge in [-0.2, -0.15) is 0 Å². The maximum absolute atomic E-state index is 12.9. The molecule has 7 heteroatoms. The SMILES string of the molecule is COc1ccc(CC2c3cc(O)c(OC)cc3CCN2C(=O)OC(C)(C)C)cc1O. The summed E-state index contributed by atoms with van der Waals surface area (Å²) in [5.41, 5.74) is 2.05. The predicted octanol–water partition coefficient (Wildman–Crippen LogP) is 4.19. The molecule has 0 bridgehead atoms. The zero-order chi connectivity index (χ0) is 22.1. The van der Waals surface area contributed by atoms with Crippen molar-refractivity contribution >= 4 is 6.09 Å². The first-order chi connectivity index (χ1) is 14.1. The van der Waals surface area contributed by atoms with Crippen molar-refractivity contribution in [3.05, 3.63) is 47.0 Å². The fourth-order valence-electron chi connectivity index (χ4n) is 3.73. The summed E-state index contributed by atoms with van der Waals surface area (Å²) in [6, 6.07) is 8.27. The molecule has 0 aromatic heterocycles. The lowest BCUT2D eigenvalue weighted by atomic mass is 9.88. The Kier molecular flexibility index (Phi) is 6.01. The van der Waals surface area contributed by atoms with Gasteiger partial charge in [-0.3, -0.25) is 0 Å². The number of benzene rings is 2. The number of methoxy groups -OCH3 is 2. The third-order valence-corrected chi connectivity index (χ3v) is 5.10. The number of carbonyl (C=O) groups excluding carboxylic acids is 1. The fourth-order valence-corrected chi connectivity index (χ4v) is 3.73. The Morgan fingerprint density at radius 3 is 2.33 bits per heavy atom. The molecule has 1 atom stereocenters. The molecular weight excluding hydrogens is 386 g/mol. The number of fused-ring (bicyclic) bond motifs is 1. The van der Waals surface area contributed by atoms with E-state index in [1.807, 2.05) is 32.9 Å². The number of nitrogens with zero attached hydrogens (tertiary/aromatic N) is 1. The van der Waals surface area contributed by atoms with Crippen LogP contribution in [0.5, 0.6) is 23.0 Å². The van der Waals surface area contributed by atoms with E-state index in [2.05, 4.69) is 0 Å². The van der Waals surface area contributed by atoms with E-state index in [-0.39, 0.29) is 17.5 Å². The van der Waals surface area contributed by atoms with Crippen molar-refractivity contribution in [2.75, 3.05) is 20.8 Å². The number of hydrogen-bond acceptors (Lipinski definition) is 6. The number of phenolic OH excluding ortho intramolecular Hbond substituents is 2. The summed E-state index contributed by atoms with van der Waals surface area (Å²) in [6.07, 6.45) is 0.650. The molecule has 0 radical (unpaired) electrons. The molecule has 2 aromatic rings. The molecule has 1 unspecified atom stereocenters. The van der Waals surface area contributed by atoms with E-state index in [1.54, 1.807) is 23.1 Å². The van der Waals surface area contributed by atoms with Gasteiger partial charge in [0.05, 0.1) is 20.3 Å². The smallest absolute Gasteiger partial charge is 0.410 e. The molecule has 1 aliphatic heterocycles. The quantitative estimate of drug-likeness (QED) is 0.778. The average Bonchev–Trinajstić information content (AvgIpc) is 2.66. The van der Waals surface area contributed by atoms with Crippen LogP contribution in [0.4, 0.5) is 4.79 Å². The summed E-state index contributed by atoms with van der Waals surface area (Å²) in [4.78, 5) is 14.6. The Morgan fingerprint density at radius 1 is 1.07 bits per heavy atom. The van der Waals surface area contributed by atoms with Crippen molar-refractivity contribution in [1.29, 1.82) is 0 Å². The molecular formula is C23H29NO6. The second kappa shape index (κ2) is 8.34. The summed E-state index contributed by atoms with van der Waals surface area (Å²) in [5, 5.41) is 20.5. The predicted molar refractivity (Wildman–Crippen MR) is 112 cm³/mol. The van der Waals surface area contributed by atoms with Crippen LogP contribution in [0, 0.1) is 0 Å². The lowest BCUT2D eigenvalue weighted by Gasteiger charge is -2.38. The summed E-state index contributed by atoms with van der Waals surface area (Å²) in [7, 11) is 3.00. The van der Waals surface area contributed by atoms with Crippen LogP contribution < -0.4 is 9.47 Å². The number of ether oxygens (including phenoxy) is 3. The van der Waals surface area contributed by atoms with Gasteiger partial charge in [0.15, 0.2) is 23.0 Å². The molecule has 3 rings (SSSR count). The third kappa shape index (κ3) is 4.56. The highest BCUT2D eigenvalue weighted by Crippen LogP contribution is 2.40. The van der Waals surface area contributed by atoms with Crippen LogP contribution in [-0.4, -0.2) is 47.6 Å². The monoisotopic (exact) mass is 415 g/mol. The van der Waals surface area contributed by atoms with Crippen molar-refractivity contribution < 1.29 is 29.2 Å². The minimum Gasteiger partial charge on any atom is -0.504 e. The van der Waals surface area contributed by atoms with Gasteiger partial charge >= 0.3 is 6.09 Å². The van der Waals surface area contributed by atoms with Crippen molar-refractivity contribution in [3.8, 4) is 23.0 Å². The number of amides is 1. The van der Waals surface area contributed by atoms with E-state index in [0.717, 1.165) is 16.7 Å². The van der Waals surface area contributed by atoms with Crippen LogP contribution in [-0.2, 0) is 17.6 Å². The Bertz CT molecular complexity index is 934. The second-order valence-electron chi connectivity index (χ2n) is 8.37. The van der Waals surface area contributed by atoms with Crippen LogP contribution in [0.2, 0.25) is 0 Å². The van der Waals surface area contributed by atoms with Crippen molar-refractivity contribution in [2.45, 2.75) is 45.3 Å². The van der Waals surface area contributed by atoms with Gasteiger partial charge in [-0.15, -0.1) is 0 Å². The molecule has 0 saturated carbocycles. The first-order valence-corrected chi connectivity index (χ1v) is 9.88. The largest absolute Gasteiger partial charge is 0.504 e. The lowest BCUT2D eigenvalue weighted by molar-refractivity contribution is 0.0141. The number of hydrogen-bond donors (Lipinski definition) is 2. The van der Waals surface area contributed by atoms with Gasteiger partial charge in [-0.25, -0.2) is 4.79 Å². The molecule has 1 amide bonds. The van der Waals surface area contributed by atoms with Gasteiger partial charge in [0.2, 0.25) is 0 Å². The van der Waals surface area contributed by atoms with Gasteiger partial charge in [0, 0.05) is 6.54 Å². The molecule has 0 spiro atoms. The Labute approximate surface area is 176 Å². The molecule has 0 aliphatic carbocycles. The highest BCUT2D eigenvalue weighted by Gasteiger charge is 2.34. The molecule has 162 valence electrons. The first kappa shape index (κ1) is 21.6. The van der Waals surface area contributed by atoms with Crippen LogP contribution in [0.1, 0.15) is 43.5 Å². The third-order valence-electron chi connectivity index (χ3n) is 5.10. The van der Waals surface area contributed by atoms with Crippen LogP contribution in [0.15, 0.2) is 30.3 Å². The van der Waals surface area contributed by atoms with E-state index in [0.29, 0.717) is 30.9 Å². The van der Waals surface area contributed by atoms with Gasteiger partial charge < -0.3 is 29.3 Å². The van der Waals surface area contributed by atoms with E-state index in [1.165, 1.54) is 14.2 Å². The molecule has 30 heavy (non-hydrogen) atoms. The average molecular weight is 415 g/mol. The maximum Gasteiger partial charge on any atom is 0.410 e. The van der Waals surface area contributed by atoms with Gasteiger partial charge in [0.25, 0.3) is 0 Å². The molecule has 2 aromatic carbocycles. The zero-order valence-corrected chi connectivity index (χ0v) is 18.1. The Morgan fingerprint density at radius 2 is 1.73 bits per heavy atom. The molecule has 0 fully saturated rings. The zero-order valence-electron chi connectivity index (χ0n) is 18.1. The molecule has 0 saturated heterocycles. The summed E-state index contributed by atoms with van der Waals surface area (Å²) in [6.45, 7) is 5.96. The molecule has 1 heterocycles. The number of rotatable bonds is 4. The topological polar surface area (TPSA) is 88.5 Å².